The molecule has 2 aromatic rings. The number of aryl methyl sites for hydroxylation is 1. The van der Waals surface area contributed by atoms with Crippen molar-refractivity contribution in [2.45, 2.75) is 66.2 Å². The number of carbonyl (C=O) groups excluding carboxylic acids is 2. The largest absolute Gasteiger partial charge is 0.333 e. The van der Waals surface area contributed by atoms with Crippen molar-refractivity contribution in [1.29, 1.82) is 0 Å². The molecule has 2 amide bonds. The van der Waals surface area contributed by atoms with Crippen LogP contribution in [-0.4, -0.2) is 39.6 Å². The summed E-state index contributed by atoms with van der Waals surface area (Å²) in [5.41, 5.74) is 2.78. The van der Waals surface area contributed by atoms with Crippen molar-refractivity contribution >= 4 is 17.6 Å². The van der Waals surface area contributed by atoms with E-state index < -0.39 is 0 Å². The molecule has 0 radical (unpaired) electrons. The Morgan fingerprint density at radius 2 is 1.76 bits per heavy atom. The SMILES string of the molecule is CCCC(=O)N(CCC)CC(=O)Nc1cc(C(C)(C)C)nn1-c1ccc(C)cc1. The van der Waals surface area contributed by atoms with Gasteiger partial charge in [-0.2, -0.15) is 5.10 Å². The number of nitrogens with zero attached hydrogens (tertiary/aromatic N) is 3. The van der Waals surface area contributed by atoms with Crippen molar-refractivity contribution in [3.63, 3.8) is 0 Å². The lowest BCUT2D eigenvalue weighted by Gasteiger charge is -2.21. The maximum absolute atomic E-state index is 12.8. The molecule has 0 aliphatic heterocycles. The summed E-state index contributed by atoms with van der Waals surface area (Å²) in [5.74, 6) is 0.423. The minimum absolute atomic E-state index is 0.0203. The van der Waals surface area contributed by atoms with Gasteiger partial charge in [0.05, 0.1) is 17.9 Å². The maximum atomic E-state index is 12.8. The molecule has 0 aliphatic carbocycles. The van der Waals surface area contributed by atoms with Crippen LogP contribution in [-0.2, 0) is 15.0 Å². The first-order chi connectivity index (χ1) is 13.7. The fourth-order valence-corrected chi connectivity index (χ4v) is 3.01. The van der Waals surface area contributed by atoms with E-state index in [0.717, 1.165) is 29.8 Å². The highest BCUT2D eigenvalue weighted by Crippen LogP contribution is 2.26. The topological polar surface area (TPSA) is 67.2 Å². The van der Waals surface area contributed by atoms with E-state index >= 15 is 0 Å². The van der Waals surface area contributed by atoms with Gasteiger partial charge in [0.15, 0.2) is 0 Å². The quantitative estimate of drug-likeness (QED) is 0.714. The second-order valence-electron chi connectivity index (χ2n) is 8.53. The highest BCUT2D eigenvalue weighted by atomic mass is 16.2. The third-order valence-corrected chi connectivity index (χ3v) is 4.67. The van der Waals surface area contributed by atoms with Gasteiger partial charge < -0.3 is 10.2 Å². The Kier molecular flexibility index (Phi) is 7.59. The van der Waals surface area contributed by atoms with Crippen LogP contribution in [0.4, 0.5) is 5.82 Å². The molecule has 1 aromatic heterocycles. The first-order valence-corrected chi connectivity index (χ1v) is 10.4. The van der Waals surface area contributed by atoms with Crippen LogP contribution in [0.3, 0.4) is 0 Å². The smallest absolute Gasteiger partial charge is 0.245 e. The number of anilines is 1. The zero-order valence-electron chi connectivity index (χ0n) is 18.6. The van der Waals surface area contributed by atoms with Crippen LogP contribution < -0.4 is 5.32 Å². The van der Waals surface area contributed by atoms with Crippen LogP contribution >= 0.6 is 0 Å². The average molecular weight is 399 g/mol. The van der Waals surface area contributed by atoms with Crippen LogP contribution in [0.15, 0.2) is 30.3 Å². The Bertz CT molecular complexity index is 832. The standard InChI is InChI=1S/C23H34N4O2/c1-7-9-22(29)26(14-8-2)16-21(28)24-20-15-19(23(4,5)6)25-27(20)18-12-10-17(3)11-13-18/h10-13,15H,7-9,14,16H2,1-6H3,(H,24,28). The fourth-order valence-electron chi connectivity index (χ4n) is 3.01. The molecule has 1 N–H and O–H groups in total. The number of rotatable bonds is 8. The Hall–Kier alpha value is -2.63. The monoisotopic (exact) mass is 398 g/mol. The molecule has 0 saturated heterocycles. The van der Waals surface area contributed by atoms with Gasteiger partial charge in [0.25, 0.3) is 0 Å². The maximum Gasteiger partial charge on any atom is 0.245 e. The number of amides is 2. The summed E-state index contributed by atoms with van der Waals surface area (Å²) < 4.78 is 1.76. The van der Waals surface area contributed by atoms with E-state index in [1.807, 2.05) is 51.1 Å². The van der Waals surface area contributed by atoms with Gasteiger partial charge in [-0.15, -0.1) is 0 Å². The van der Waals surface area contributed by atoms with Crippen molar-refractivity contribution in [2.75, 3.05) is 18.4 Å². The number of aromatic nitrogens is 2. The molecule has 0 bridgehead atoms. The first kappa shape index (κ1) is 22.7. The summed E-state index contributed by atoms with van der Waals surface area (Å²) in [7, 11) is 0. The lowest BCUT2D eigenvalue weighted by atomic mass is 9.92. The second-order valence-corrected chi connectivity index (χ2v) is 8.53. The minimum Gasteiger partial charge on any atom is -0.333 e. The summed E-state index contributed by atoms with van der Waals surface area (Å²) >= 11 is 0. The minimum atomic E-state index is -0.211. The number of nitrogens with one attached hydrogen (secondary N) is 1. The second kappa shape index (κ2) is 9.72. The van der Waals surface area contributed by atoms with Gasteiger partial charge in [-0.25, -0.2) is 4.68 Å². The number of carbonyl (C=O) groups is 2. The molecule has 1 aromatic carbocycles. The highest BCUT2D eigenvalue weighted by molar-refractivity contribution is 5.94. The van der Waals surface area contributed by atoms with Gasteiger partial charge in [-0.05, 0) is 31.9 Å². The Balaban J connectivity index is 2.28. The van der Waals surface area contributed by atoms with Crippen LogP contribution in [0.25, 0.3) is 5.69 Å². The zero-order chi connectivity index (χ0) is 21.6. The predicted molar refractivity (Wildman–Crippen MR) is 117 cm³/mol. The summed E-state index contributed by atoms with van der Waals surface area (Å²) in [5, 5.41) is 7.71. The van der Waals surface area contributed by atoms with Gasteiger partial charge in [0.1, 0.15) is 5.82 Å². The van der Waals surface area contributed by atoms with E-state index in [0.29, 0.717) is 18.8 Å². The molecule has 0 aliphatic rings. The van der Waals surface area contributed by atoms with Crippen LogP contribution in [0.5, 0.6) is 0 Å². The van der Waals surface area contributed by atoms with Gasteiger partial charge in [0.2, 0.25) is 11.8 Å². The molecule has 0 saturated carbocycles. The molecule has 0 spiro atoms. The number of hydrogen-bond acceptors (Lipinski definition) is 3. The molecule has 1 heterocycles. The molecule has 29 heavy (non-hydrogen) atoms. The molecule has 6 heteroatoms. The van der Waals surface area contributed by atoms with Crippen molar-refractivity contribution in [3.8, 4) is 5.69 Å². The predicted octanol–water partition coefficient (Wildman–Crippen LogP) is 4.46. The zero-order valence-corrected chi connectivity index (χ0v) is 18.6. The molecule has 2 rings (SSSR count). The summed E-state index contributed by atoms with van der Waals surface area (Å²) in [6.45, 7) is 12.9. The molecular weight excluding hydrogens is 364 g/mol. The van der Waals surface area contributed by atoms with E-state index in [9.17, 15) is 9.59 Å². The third-order valence-electron chi connectivity index (χ3n) is 4.67. The van der Waals surface area contributed by atoms with Crippen LogP contribution in [0.2, 0.25) is 0 Å². The summed E-state index contributed by atoms with van der Waals surface area (Å²) in [6, 6.07) is 9.92. The van der Waals surface area contributed by atoms with E-state index in [2.05, 4.69) is 26.1 Å². The molecule has 0 fully saturated rings. The Morgan fingerprint density at radius 1 is 1.10 bits per heavy atom. The van der Waals surface area contributed by atoms with Crippen molar-refractivity contribution in [3.05, 3.63) is 41.6 Å². The van der Waals surface area contributed by atoms with Gasteiger partial charge in [-0.3, -0.25) is 9.59 Å². The Morgan fingerprint density at radius 3 is 2.31 bits per heavy atom. The number of hydrogen-bond donors (Lipinski definition) is 1. The molecule has 6 nitrogen and oxygen atoms in total. The van der Waals surface area contributed by atoms with Crippen molar-refractivity contribution in [2.24, 2.45) is 0 Å². The van der Waals surface area contributed by atoms with Crippen LogP contribution in [0.1, 0.15) is 65.1 Å². The molecular formula is C23H34N4O2. The third kappa shape index (κ3) is 6.17. The fraction of sp³-hybridized carbons (Fsp3) is 0.522. The van der Waals surface area contributed by atoms with E-state index in [1.54, 1.807) is 9.58 Å². The normalized spacial score (nSPS) is 11.4. The molecule has 158 valence electrons. The van der Waals surface area contributed by atoms with E-state index in [4.69, 9.17) is 5.10 Å². The van der Waals surface area contributed by atoms with E-state index in [-0.39, 0.29) is 23.8 Å². The summed E-state index contributed by atoms with van der Waals surface area (Å²) in [4.78, 5) is 26.7. The van der Waals surface area contributed by atoms with E-state index in [1.165, 1.54) is 0 Å². The lowest BCUT2D eigenvalue weighted by Crippen LogP contribution is -2.38. The van der Waals surface area contributed by atoms with Gasteiger partial charge in [-0.1, -0.05) is 52.3 Å². The van der Waals surface area contributed by atoms with Crippen molar-refractivity contribution in [1.82, 2.24) is 14.7 Å². The lowest BCUT2D eigenvalue weighted by molar-refractivity contribution is -0.134. The van der Waals surface area contributed by atoms with Crippen molar-refractivity contribution < 1.29 is 9.59 Å². The molecule has 0 atom stereocenters. The summed E-state index contributed by atoms with van der Waals surface area (Å²) in [6.07, 6.45) is 2.05. The van der Waals surface area contributed by atoms with Gasteiger partial charge in [0, 0.05) is 24.4 Å². The highest BCUT2D eigenvalue weighted by Gasteiger charge is 2.22. The first-order valence-electron chi connectivity index (χ1n) is 10.4. The molecule has 0 unspecified atom stereocenters. The Labute approximate surface area is 174 Å². The van der Waals surface area contributed by atoms with Gasteiger partial charge >= 0.3 is 0 Å². The average Bonchev–Trinajstić information content (AvgIpc) is 3.06. The van der Waals surface area contributed by atoms with Crippen LogP contribution in [0, 0.1) is 6.92 Å². The number of benzene rings is 1.